The van der Waals surface area contributed by atoms with Crippen LogP contribution in [0.4, 0.5) is 5.69 Å². The molecular weight excluding hydrogens is 385 g/mol. The lowest BCUT2D eigenvalue weighted by Gasteiger charge is -2.11. The second-order valence-corrected chi connectivity index (χ2v) is 6.73. The third kappa shape index (κ3) is 3.54. The molecule has 3 aromatic rings. The Morgan fingerprint density at radius 3 is 2.30 bits per heavy atom. The van der Waals surface area contributed by atoms with Crippen molar-refractivity contribution in [2.45, 2.75) is 0 Å². The van der Waals surface area contributed by atoms with Crippen molar-refractivity contribution >= 4 is 40.4 Å². The first-order chi connectivity index (χ1) is 13.1. The fourth-order valence-corrected chi connectivity index (χ4v) is 3.07. The van der Waals surface area contributed by atoms with Crippen molar-refractivity contribution in [2.24, 2.45) is 4.99 Å². The van der Waals surface area contributed by atoms with Gasteiger partial charge in [-0.1, -0.05) is 35.3 Å². The van der Waals surface area contributed by atoms with E-state index in [1.165, 1.54) is 0 Å². The second-order valence-electron chi connectivity index (χ2n) is 5.86. The van der Waals surface area contributed by atoms with Crippen LogP contribution in [0.15, 0.2) is 53.5 Å². The van der Waals surface area contributed by atoms with Gasteiger partial charge in [-0.15, -0.1) is 10.2 Å². The van der Waals surface area contributed by atoms with Crippen molar-refractivity contribution in [2.75, 3.05) is 18.4 Å². The van der Waals surface area contributed by atoms with Gasteiger partial charge in [0.05, 0.1) is 17.9 Å². The predicted molar refractivity (Wildman–Crippen MR) is 105 cm³/mol. The summed E-state index contributed by atoms with van der Waals surface area (Å²) in [5.74, 6) is -0.261. The topological polar surface area (TPSA) is 80.1 Å². The maximum absolute atomic E-state index is 13.0. The molecule has 27 heavy (non-hydrogen) atoms. The summed E-state index contributed by atoms with van der Waals surface area (Å²) < 4.78 is 0. The molecule has 8 heteroatoms. The van der Waals surface area contributed by atoms with Crippen LogP contribution in [0.1, 0.15) is 27.3 Å². The van der Waals surface area contributed by atoms with Crippen molar-refractivity contribution in [3.05, 3.63) is 81.1 Å². The molecule has 1 aromatic heterocycles. The van der Waals surface area contributed by atoms with Gasteiger partial charge in [0.1, 0.15) is 5.69 Å². The summed E-state index contributed by atoms with van der Waals surface area (Å²) >= 11 is 11.9. The summed E-state index contributed by atoms with van der Waals surface area (Å²) in [5.41, 5.74) is 3.17. The number of halogens is 2. The molecule has 0 bridgehead atoms. The van der Waals surface area contributed by atoms with E-state index in [0.29, 0.717) is 45.8 Å². The molecule has 1 N–H and O–H groups in total. The molecule has 4 rings (SSSR count). The summed E-state index contributed by atoms with van der Waals surface area (Å²) in [4.78, 5) is 17.6. The maximum atomic E-state index is 13.0. The number of hydrogen-bond donors (Lipinski definition) is 1. The van der Waals surface area contributed by atoms with Crippen molar-refractivity contribution < 1.29 is 4.79 Å². The number of fused-ring (bicyclic) bond motifs is 1. The van der Waals surface area contributed by atoms with Gasteiger partial charge in [-0.3, -0.25) is 9.79 Å². The Morgan fingerprint density at radius 1 is 0.926 bits per heavy atom. The van der Waals surface area contributed by atoms with Crippen LogP contribution in [0.25, 0.3) is 0 Å². The summed E-state index contributed by atoms with van der Waals surface area (Å²) in [6, 6.07) is 13.9. The van der Waals surface area contributed by atoms with Gasteiger partial charge in [0.15, 0.2) is 5.69 Å². The van der Waals surface area contributed by atoms with E-state index < -0.39 is 0 Å². The van der Waals surface area contributed by atoms with E-state index in [1.54, 1.807) is 36.4 Å². The molecule has 6 nitrogen and oxygen atoms in total. The maximum Gasteiger partial charge on any atom is 0.215 e. The van der Waals surface area contributed by atoms with Gasteiger partial charge in [0.2, 0.25) is 5.78 Å². The van der Waals surface area contributed by atoms with Crippen LogP contribution in [-0.4, -0.2) is 40.0 Å². The third-order valence-electron chi connectivity index (χ3n) is 4.11. The molecule has 0 aliphatic carbocycles. The number of benzene rings is 2. The van der Waals surface area contributed by atoms with Crippen LogP contribution >= 0.6 is 23.2 Å². The monoisotopic (exact) mass is 397 g/mol. The van der Waals surface area contributed by atoms with E-state index in [4.69, 9.17) is 23.2 Å². The molecule has 0 atom stereocenters. The summed E-state index contributed by atoms with van der Waals surface area (Å²) in [6.45, 7) is 1.08. The molecule has 2 aromatic carbocycles. The quantitative estimate of drug-likeness (QED) is 0.681. The highest BCUT2D eigenvalue weighted by Gasteiger charge is 2.25. The summed E-state index contributed by atoms with van der Waals surface area (Å²) in [7, 11) is 0. The van der Waals surface area contributed by atoms with Crippen LogP contribution in [0.3, 0.4) is 0 Å². The summed E-state index contributed by atoms with van der Waals surface area (Å²) in [5, 5.41) is 16.3. The molecule has 0 radical (unpaired) electrons. The number of rotatable bonds is 3. The predicted octanol–water partition coefficient (Wildman–Crippen LogP) is 3.67. The largest absolute Gasteiger partial charge is 0.379 e. The molecule has 0 saturated heterocycles. The number of ketones is 1. The van der Waals surface area contributed by atoms with E-state index in [0.717, 1.165) is 5.56 Å². The molecule has 0 spiro atoms. The van der Waals surface area contributed by atoms with Gasteiger partial charge in [-0.2, -0.15) is 0 Å². The lowest BCUT2D eigenvalue weighted by molar-refractivity contribution is 0.103. The molecule has 1 aliphatic heterocycles. The van der Waals surface area contributed by atoms with Crippen LogP contribution < -0.4 is 5.32 Å². The number of aromatic nitrogens is 3. The zero-order valence-electron chi connectivity index (χ0n) is 14.0. The van der Waals surface area contributed by atoms with Crippen LogP contribution in [0.2, 0.25) is 10.0 Å². The van der Waals surface area contributed by atoms with E-state index >= 15 is 0 Å². The molecule has 0 saturated carbocycles. The summed E-state index contributed by atoms with van der Waals surface area (Å²) in [6.07, 6.45) is 0. The van der Waals surface area contributed by atoms with Gasteiger partial charge < -0.3 is 5.32 Å². The Bertz CT molecular complexity index is 1030. The van der Waals surface area contributed by atoms with E-state index in [-0.39, 0.29) is 11.5 Å². The van der Waals surface area contributed by atoms with Gasteiger partial charge >= 0.3 is 0 Å². The molecule has 0 unspecified atom stereocenters. The standard InChI is InChI=1S/C19H13Cl2N5O/c20-13-5-1-11(2-6-13)15-17-16(23-10-9-22-15)18(25-26-24-17)19(27)12-3-7-14(21)8-4-12/h1-8,23H,9-10H2. The zero-order valence-corrected chi connectivity index (χ0v) is 15.5. The Hall–Kier alpha value is -2.83. The van der Waals surface area contributed by atoms with E-state index in [1.807, 2.05) is 12.1 Å². The first-order valence-corrected chi connectivity index (χ1v) is 8.97. The number of carbonyl (C=O) groups excluding carboxylic acids is 1. The number of aliphatic imine (C=N–C) groups is 1. The third-order valence-corrected chi connectivity index (χ3v) is 4.61. The second kappa shape index (κ2) is 7.42. The minimum Gasteiger partial charge on any atom is -0.379 e. The molecule has 1 aliphatic rings. The highest BCUT2D eigenvalue weighted by Crippen LogP contribution is 2.25. The fraction of sp³-hybridized carbons (Fsp3) is 0.105. The Morgan fingerprint density at radius 2 is 1.59 bits per heavy atom. The minimum atomic E-state index is -0.261. The van der Waals surface area contributed by atoms with Crippen LogP contribution in [0, 0.1) is 0 Å². The normalized spacial score (nSPS) is 13.2. The number of nitrogens with zero attached hydrogens (tertiary/aromatic N) is 4. The minimum absolute atomic E-state index is 0.200. The smallest absolute Gasteiger partial charge is 0.215 e. The average molecular weight is 398 g/mol. The average Bonchev–Trinajstić information content (AvgIpc) is 2.91. The lowest BCUT2D eigenvalue weighted by Crippen LogP contribution is -2.17. The SMILES string of the molecule is O=C(c1ccc(Cl)cc1)c1nnnc2c1NCCN=C2c1ccc(Cl)cc1. The molecule has 0 fully saturated rings. The number of hydrogen-bond acceptors (Lipinski definition) is 6. The highest BCUT2D eigenvalue weighted by molar-refractivity contribution is 6.31. The Labute approximate surface area is 165 Å². The molecular formula is C19H13Cl2N5O. The molecule has 2 heterocycles. The van der Waals surface area contributed by atoms with E-state index in [9.17, 15) is 4.79 Å². The number of carbonyl (C=O) groups is 1. The van der Waals surface area contributed by atoms with Crippen LogP contribution in [-0.2, 0) is 0 Å². The van der Waals surface area contributed by atoms with Crippen molar-refractivity contribution in [1.29, 1.82) is 0 Å². The van der Waals surface area contributed by atoms with Gasteiger partial charge in [-0.25, -0.2) is 0 Å². The van der Waals surface area contributed by atoms with Crippen LogP contribution in [0.5, 0.6) is 0 Å². The zero-order chi connectivity index (χ0) is 18.8. The highest BCUT2D eigenvalue weighted by atomic mass is 35.5. The van der Waals surface area contributed by atoms with Gasteiger partial charge in [0, 0.05) is 27.7 Å². The van der Waals surface area contributed by atoms with Gasteiger partial charge in [-0.05, 0) is 41.6 Å². The fourth-order valence-electron chi connectivity index (χ4n) is 2.81. The lowest BCUT2D eigenvalue weighted by atomic mass is 10.0. The van der Waals surface area contributed by atoms with Gasteiger partial charge in [0.25, 0.3) is 0 Å². The first-order valence-electron chi connectivity index (χ1n) is 8.22. The number of anilines is 1. The van der Waals surface area contributed by atoms with Crippen molar-refractivity contribution in [3.8, 4) is 0 Å². The van der Waals surface area contributed by atoms with Crippen molar-refractivity contribution in [1.82, 2.24) is 15.4 Å². The van der Waals surface area contributed by atoms with E-state index in [2.05, 4.69) is 25.7 Å². The van der Waals surface area contributed by atoms with Crippen molar-refractivity contribution in [3.63, 3.8) is 0 Å². The Balaban J connectivity index is 1.81. The molecule has 0 amide bonds. The Kier molecular flexibility index (Phi) is 4.83. The first kappa shape index (κ1) is 17.6. The number of nitrogens with one attached hydrogen (secondary N) is 1. The molecule has 134 valence electrons.